The van der Waals surface area contributed by atoms with Gasteiger partial charge >= 0.3 is 0 Å². The van der Waals surface area contributed by atoms with Crippen molar-refractivity contribution in [3.8, 4) is 0 Å². The van der Waals surface area contributed by atoms with Crippen molar-refractivity contribution in [3.63, 3.8) is 0 Å². The molecule has 0 unspecified atom stereocenters. The highest BCUT2D eigenvalue weighted by Crippen LogP contribution is 2.21. The van der Waals surface area contributed by atoms with Crippen LogP contribution in [0.15, 0.2) is 12.5 Å². The summed E-state index contributed by atoms with van der Waals surface area (Å²) in [5.74, 6) is 0.206. The second-order valence-corrected chi connectivity index (χ2v) is 3.26. The second-order valence-electron chi connectivity index (χ2n) is 3.26. The molecule has 0 aromatic carbocycles. The number of hydrogen-bond acceptors (Lipinski definition) is 3. The molecule has 0 spiro atoms. The fourth-order valence-corrected chi connectivity index (χ4v) is 1.69. The summed E-state index contributed by atoms with van der Waals surface area (Å²) in [4.78, 5) is 4.02. The van der Waals surface area contributed by atoms with Crippen molar-refractivity contribution in [2.24, 2.45) is 7.05 Å². The fourth-order valence-electron chi connectivity index (χ4n) is 1.69. The molecule has 12 heavy (non-hydrogen) atoms. The smallest absolute Gasteiger partial charge is 0.0945 e. The standard InChI is InChI=1S/C8H13N3O/c1-11-5-10-3-7(11)6-2-9-4-8(6)12/h3,5-6,8-9,12H,2,4H2,1H3/t6-,8+/m0/s1. The number of β-amino-alcohol motifs (C(OH)–C–C–N with tert-alkyl or cyclic N) is 1. The third-order valence-electron chi connectivity index (χ3n) is 2.42. The van der Waals surface area contributed by atoms with Crippen LogP contribution in [-0.4, -0.2) is 33.9 Å². The minimum Gasteiger partial charge on any atom is -0.391 e. The minimum atomic E-state index is -0.264. The molecule has 1 aliphatic rings. The number of rotatable bonds is 1. The first-order valence-corrected chi connectivity index (χ1v) is 4.14. The highest BCUT2D eigenvalue weighted by atomic mass is 16.3. The first kappa shape index (κ1) is 7.76. The average Bonchev–Trinajstić information content (AvgIpc) is 2.59. The molecule has 2 atom stereocenters. The van der Waals surface area contributed by atoms with E-state index in [1.807, 2.05) is 17.8 Å². The van der Waals surface area contributed by atoms with Crippen molar-refractivity contribution < 1.29 is 5.11 Å². The van der Waals surface area contributed by atoms with Gasteiger partial charge < -0.3 is 15.0 Å². The number of aryl methyl sites for hydroxylation is 1. The third kappa shape index (κ3) is 1.13. The largest absolute Gasteiger partial charge is 0.391 e. The summed E-state index contributed by atoms with van der Waals surface area (Å²) >= 11 is 0. The molecule has 1 aliphatic heterocycles. The van der Waals surface area contributed by atoms with E-state index in [1.165, 1.54) is 0 Å². The molecular formula is C8H13N3O. The van der Waals surface area contributed by atoms with Crippen LogP contribution >= 0.6 is 0 Å². The Morgan fingerprint density at radius 3 is 3.00 bits per heavy atom. The lowest BCUT2D eigenvalue weighted by Gasteiger charge is -2.12. The summed E-state index contributed by atoms with van der Waals surface area (Å²) in [6.45, 7) is 1.54. The maximum absolute atomic E-state index is 9.58. The highest BCUT2D eigenvalue weighted by Gasteiger charge is 2.28. The molecule has 4 nitrogen and oxygen atoms in total. The molecule has 0 amide bonds. The average molecular weight is 167 g/mol. The summed E-state index contributed by atoms with van der Waals surface area (Å²) in [5, 5.41) is 12.7. The van der Waals surface area contributed by atoms with Gasteiger partial charge in [0, 0.05) is 37.9 Å². The molecule has 0 saturated carbocycles. The van der Waals surface area contributed by atoms with Gasteiger partial charge in [-0.25, -0.2) is 4.98 Å². The number of aromatic nitrogens is 2. The van der Waals surface area contributed by atoms with Gasteiger partial charge in [0.05, 0.1) is 12.4 Å². The number of nitrogens with one attached hydrogen (secondary N) is 1. The van der Waals surface area contributed by atoms with Crippen LogP contribution in [0.3, 0.4) is 0 Å². The number of aliphatic hydroxyl groups is 1. The summed E-state index contributed by atoms with van der Waals surface area (Å²) < 4.78 is 1.96. The zero-order valence-corrected chi connectivity index (χ0v) is 7.07. The van der Waals surface area contributed by atoms with Gasteiger partial charge in [-0.15, -0.1) is 0 Å². The first-order chi connectivity index (χ1) is 5.79. The van der Waals surface area contributed by atoms with Crippen LogP contribution in [-0.2, 0) is 7.05 Å². The Bertz CT molecular complexity index is 271. The van der Waals surface area contributed by atoms with Gasteiger partial charge in [-0.1, -0.05) is 0 Å². The lowest BCUT2D eigenvalue weighted by atomic mass is 10.0. The van der Waals surface area contributed by atoms with Crippen LogP contribution in [0.25, 0.3) is 0 Å². The highest BCUT2D eigenvalue weighted by molar-refractivity contribution is 5.11. The van der Waals surface area contributed by atoms with Crippen molar-refractivity contribution in [1.29, 1.82) is 0 Å². The van der Waals surface area contributed by atoms with Crippen molar-refractivity contribution in [2.75, 3.05) is 13.1 Å². The molecule has 2 heterocycles. The summed E-state index contributed by atoms with van der Waals surface area (Å²) in [6.07, 6.45) is 3.32. The Hall–Kier alpha value is -0.870. The molecule has 0 aliphatic carbocycles. The monoisotopic (exact) mass is 167 g/mol. The number of nitrogens with zero attached hydrogens (tertiary/aromatic N) is 2. The van der Waals surface area contributed by atoms with E-state index >= 15 is 0 Å². The molecule has 0 radical (unpaired) electrons. The van der Waals surface area contributed by atoms with E-state index in [0.29, 0.717) is 6.54 Å². The maximum Gasteiger partial charge on any atom is 0.0945 e. The van der Waals surface area contributed by atoms with Gasteiger partial charge in [0.2, 0.25) is 0 Å². The lowest BCUT2D eigenvalue weighted by molar-refractivity contribution is 0.175. The summed E-state index contributed by atoms with van der Waals surface area (Å²) in [5.41, 5.74) is 1.10. The van der Waals surface area contributed by atoms with Crippen molar-refractivity contribution >= 4 is 0 Å². The molecule has 66 valence electrons. The topological polar surface area (TPSA) is 50.1 Å². The molecule has 2 rings (SSSR count). The minimum absolute atomic E-state index is 0.206. The van der Waals surface area contributed by atoms with E-state index in [9.17, 15) is 5.11 Å². The quantitative estimate of drug-likeness (QED) is 0.591. The number of aliphatic hydroxyl groups excluding tert-OH is 1. The Morgan fingerprint density at radius 2 is 2.50 bits per heavy atom. The summed E-state index contributed by atoms with van der Waals surface area (Å²) in [6, 6.07) is 0. The number of hydrogen-bond donors (Lipinski definition) is 2. The van der Waals surface area contributed by atoms with E-state index in [0.717, 1.165) is 12.2 Å². The first-order valence-electron chi connectivity index (χ1n) is 4.14. The van der Waals surface area contributed by atoms with Crippen LogP contribution in [0.5, 0.6) is 0 Å². The Kier molecular flexibility index (Phi) is 1.86. The van der Waals surface area contributed by atoms with E-state index in [2.05, 4.69) is 10.3 Å². The zero-order chi connectivity index (χ0) is 8.55. The lowest BCUT2D eigenvalue weighted by Crippen LogP contribution is -2.18. The van der Waals surface area contributed by atoms with Crippen LogP contribution in [0.1, 0.15) is 11.6 Å². The van der Waals surface area contributed by atoms with E-state index in [1.54, 1.807) is 6.33 Å². The van der Waals surface area contributed by atoms with E-state index < -0.39 is 0 Å². The molecule has 1 aromatic heterocycles. The molecule has 1 aromatic rings. The van der Waals surface area contributed by atoms with Crippen LogP contribution < -0.4 is 5.32 Å². The summed E-state index contributed by atoms with van der Waals surface area (Å²) in [7, 11) is 1.95. The molecule has 4 heteroatoms. The van der Waals surface area contributed by atoms with Gasteiger partial charge in [0.25, 0.3) is 0 Å². The van der Waals surface area contributed by atoms with Crippen LogP contribution in [0, 0.1) is 0 Å². The second kappa shape index (κ2) is 2.88. The van der Waals surface area contributed by atoms with Gasteiger partial charge in [0.15, 0.2) is 0 Å². The SMILES string of the molecule is Cn1cncc1[C@@H]1CNC[C@H]1O. The van der Waals surface area contributed by atoms with E-state index in [4.69, 9.17) is 0 Å². The predicted octanol–water partition coefficient (Wildman–Crippen LogP) is -0.532. The molecule has 1 fully saturated rings. The molecular weight excluding hydrogens is 154 g/mol. The van der Waals surface area contributed by atoms with Gasteiger partial charge in [-0.3, -0.25) is 0 Å². The number of imidazole rings is 1. The predicted molar refractivity (Wildman–Crippen MR) is 44.8 cm³/mol. The maximum atomic E-state index is 9.58. The molecule has 2 N–H and O–H groups in total. The molecule has 0 bridgehead atoms. The Balaban J connectivity index is 2.24. The van der Waals surface area contributed by atoms with Crippen LogP contribution in [0.2, 0.25) is 0 Å². The van der Waals surface area contributed by atoms with Gasteiger partial charge in [-0.05, 0) is 0 Å². The fraction of sp³-hybridized carbons (Fsp3) is 0.625. The molecule has 1 saturated heterocycles. The van der Waals surface area contributed by atoms with E-state index in [-0.39, 0.29) is 12.0 Å². The Morgan fingerprint density at radius 1 is 1.67 bits per heavy atom. The third-order valence-corrected chi connectivity index (χ3v) is 2.42. The normalized spacial score (nSPS) is 29.5. The van der Waals surface area contributed by atoms with Crippen molar-refractivity contribution in [1.82, 2.24) is 14.9 Å². The van der Waals surface area contributed by atoms with Gasteiger partial charge in [0.1, 0.15) is 0 Å². The van der Waals surface area contributed by atoms with Gasteiger partial charge in [-0.2, -0.15) is 0 Å². The van der Waals surface area contributed by atoms with Crippen LogP contribution in [0.4, 0.5) is 0 Å². The van der Waals surface area contributed by atoms with Crippen molar-refractivity contribution in [3.05, 3.63) is 18.2 Å². The Labute approximate surface area is 71.2 Å². The van der Waals surface area contributed by atoms with Crippen molar-refractivity contribution in [2.45, 2.75) is 12.0 Å². The zero-order valence-electron chi connectivity index (χ0n) is 7.07.